The van der Waals surface area contributed by atoms with Crippen molar-refractivity contribution in [1.29, 1.82) is 0 Å². The number of aromatic hydroxyl groups is 2. The summed E-state index contributed by atoms with van der Waals surface area (Å²) in [6, 6.07) is 0. The van der Waals surface area contributed by atoms with Gasteiger partial charge in [-0.05, 0) is 0 Å². The maximum absolute atomic E-state index is 11.6. The molecule has 1 aromatic rings. The van der Waals surface area contributed by atoms with Crippen LogP contribution in [0.15, 0.2) is 0 Å². The predicted octanol–water partition coefficient (Wildman–Crippen LogP) is -0.170. The van der Waals surface area contributed by atoms with Crippen LogP contribution in [0.5, 0.6) is 11.5 Å². The van der Waals surface area contributed by atoms with Crippen molar-refractivity contribution in [3.05, 3.63) is 11.4 Å². The number of nitrogens with one attached hydrogen (secondary N) is 1. The summed E-state index contributed by atoms with van der Waals surface area (Å²) in [4.78, 5) is 28.1. The highest BCUT2D eigenvalue weighted by atomic mass is 16.3. The van der Waals surface area contributed by atoms with Crippen molar-refractivity contribution in [2.75, 3.05) is 28.2 Å². The molecule has 0 atom stereocenters. The molecule has 0 saturated carbocycles. The first-order chi connectivity index (χ1) is 7.77. The SMILES string of the molecule is CN(C)C(=O)c1[nH]c(C(=O)N(C)C)c(O)c1O. The highest BCUT2D eigenvalue weighted by molar-refractivity contribution is 6.02. The van der Waals surface area contributed by atoms with Crippen molar-refractivity contribution < 1.29 is 19.8 Å². The molecule has 7 nitrogen and oxygen atoms in total. The van der Waals surface area contributed by atoms with Crippen LogP contribution >= 0.6 is 0 Å². The van der Waals surface area contributed by atoms with Crippen LogP contribution < -0.4 is 0 Å². The molecule has 7 heteroatoms. The maximum Gasteiger partial charge on any atom is 0.273 e. The molecule has 0 unspecified atom stereocenters. The van der Waals surface area contributed by atoms with Gasteiger partial charge in [0.15, 0.2) is 22.9 Å². The summed E-state index contributed by atoms with van der Waals surface area (Å²) in [6.45, 7) is 0. The van der Waals surface area contributed by atoms with Gasteiger partial charge >= 0.3 is 0 Å². The lowest BCUT2D eigenvalue weighted by atomic mass is 10.3. The standard InChI is InChI=1S/C10H15N3O4/c1-12(2)9(16)5-7(14)8(15)6(11-5)10(17)13(3)4/h11,14-15H,1-4H3. The second-order valence-electron chi connectivity index (χ2n) is 3.97. The fourth-order valence-corrected chi connectivity index (χ4v) is 1.24. The number of rotatable bonds is 2. The van der Waals surface area contributed by atoms with Crippen LogP contribution in [0.25, 0.3) is 0 Å². The minimum Gasteiger partial charge on any atom is -0.503 e. The lowest BCUT2D eigenvalue weighted by Gasteiger charge is -2.09. The zero-order valence-electron chi connectivity index (χ0n) is 10.1. The van der Waals surface area contributed by atoms with Crippen LogP contribution in [0.2, 0.25) is 0 Å². The molecule has 0 aliphatic heterocycles. The van der Waals surface area contributed by atoms with E-state index in [0.717, 1.165) is 0 Å². The van der Waals surface area contributed by atoms with Gasteiger partial charge in [-0.1, -0.05) is 0 Å². The number of aromatic amines is 1. The normalized spacial score (nSPS) is 10.1. The quantitative estimate of drug-likeness (QED) is 0.669. The van der Waals surface area contributed by atoms with Crippen LogP contribution in [0.1, 0.15) is 21.0 Å². The van der Waals surface area contributed by atoms with E-state index in [2.05, 4.69) is 4.98 Å². The van der Waals surface area contributed by atoms with Crippen LogP contribution in [0.4, 0.5) is 0 Å². The molecule has 94 valence electrons. The molecule has 0 spiro atoms. The summed E-state index contributed by atoms with van der Waals surface area (Å²) >= 11 is 0. The van der Waals surface area contributed by atoms with E-state index in [0.29, 0.717) is 0 Å². The van der Waals surface area contributed by atoms with Gasteiger partial charge in [-0.2, -0.15) is 0 Å². The van der Waals surface area contributed by atoms with E-state index in [4.69, 9.17) is 0 Å². The number of amides is 2. The average molecular weight is 241 g/mol. The van der Waals surface area contributed by atoms with Gasteiger partial charge in [0, 0.05) is 28.2 Å². The highest BCUT2D eigenvalue weighted by Crippen LogP contribution is 2.33. The van der Waals surface area contributed by atoms with Crippen LogP contribution in [-0.2, 0) is 0 Å². The predicted molar refractivity (Wildman–Crippen MR) is 60.2 cm³/mol. The van der Waals surface area contributed by atoms with E-state index in [1.807, 2.05) is 0 Å². The van der Waals surface area contributed by atoms with Gasteiger partial charge in [-0.3, -0.25) is 9.59 Å². The summed E-state index contributed by atoms with van der Waals surface area (Å²) < 4.78 is 0. The first-order valence-electron chi connectivity index (χ1n) is 4.84. The Morgan fingerprint density at radius 1 is 0.882 bits per heavy atom. The van der Waals surface area contributed by atoms with Crippen molar-refractivity contribution in [2.24, 2.45) is 0 Å². The number of nitrogens with zero attached hydrogens (tertiary/aromatic N) is 2. The van der Waals surface area contributed by atoms with E-state index in [1.165, 1.54) is 38.0 Å². The Balaban J connectivity index is 3.26. The molecule has 0 bridgehead atoms. The lowest BCUT2D eigenvalue weighted by molar-refractivity contribution is 0.0817. The number of aromatic nitrogens is 1. The highest BCUT2D eigenvalue weighted by Gasteiger charge is 2.26. The summed E-state index contributed by atoms with van der Waals surface area (Å²) in [5.74, 6) is -2.30. The Morgan fingerprint density at radius 2 is 1.18 bits per heavy atom. The molecule has 0 aliphatic carbocycles. The Hall–Kier alpha value is -2.18. The van der Waals surface area contributed by atoms with Gasteiger partial charge in [0.1, 0.15) is 0 Å². The Bertz CT molecular complexity index is 422. The Morgan fingerprint density at radius 3 is 1.41 bits per heavy atom. The smallest absolute Gasteiger partial charge is 0.273 e. The van der Waals surface area contributed by atoms with Gasteiger partial charge in [-0.15, -0.1) is 0 Å². The minimum absolute atomic E-state index is 0.210. The second-order valence-corrected chi connectivity index (χ2v) is 3.97. The van der Waals surface area contributed by atoms with Gasteiger partial charge in [0.2, 0.25) is 0 Å². The molecular weight excluding hydrogens is 226 g/mol. The molecule has 0 radical (unpaired) electrons. The third-order valence-electron chi connectivity index (χ3n) is 2.19. The summed E-state index contributed by atoms with van der Waals surface area (Å²) in [5, 5.41) is 19.1. The Labute approximate surface area is 98.3 Å². The van der Waals surface area contributed by atoms with Crippen LogP contribution in [0.3, 0.4) is 0 Å². The molecule has 2 amide bonds. The largest absolute Gasteiger partial charge is 0.503 e. The van der Waals surface area contributed by atoms with Gasteiger partial charge < -0.3 is 25.0 Å². The van der Waals surface area contributed by atoms with E-state index >= 15 is 0 Å². The van der Waals surface area contributed by atoms with E-state index in [1.54, 1.807) is 0 Å². The molecule has 0 aliphatic rings. The van der Waals surface area contributed by atoms with Gasteiger partial charge in [-0.25, -0.2) is 0 Å². The van der Waals surface area contributed by atoms with E-state index in [9.17, 15) is 19.8 Å². The molecule has 17 heavy (non-hydrogen) atoms. The first-order valence-corrected chi connectivity index (χ1v) is 4.84. The van der Waals surface area contributed by atoms with Crippen LogP contribution in [0, 0.1) is 0 Å². The molecular formula is C10H15N3O4. The van der Waals surface area contributed by atoms with Crippen molar-refractivity contribution in [3.8, 4) is 11.5 Å². The van der Waals surface area contributed by atoms with Crippen molar-refractivity contribution in [3.63, 3.8) is 0 Å². The monoisotopic (exact) mass is 241 g/mol. The molecule has 0 saturated heterocycles. The fourth-order valence-electron chi connectivity index (χ4n) is 1.24. The van der Waals surface area contributed by atoms with Crippen molar-refractivity contribution in [1.82, 2.24) is 14.8 Å². The zero-order valence-corrected chi connectivity index (χ0v) is 10.1. The van der Waals surface area contributed by atoms with E-state index in [-0.39, 0.29) is 11.4 Å². The number of carbonyl (C=O) groups excluding carboxylic acids is 2. The Kier molecular flexibility index (Phi) is 3.31. The average Bonchev–Trinajstić information content (AvgIpc) is 2.54. The molecule has 1 aromatic heterocycles. The first kappa shape index (κ1) is 12.9. The minimum atomic E-state index is -0.617. The number of H-pyrrole nitrogens is 1. The molecule has 1 heterocycles. The number of hydrogen-bond acceptors (Lipinski definition) is 4. The third kappa shape index (κ3) is 2.17. The lowest BCUT2D eigenvalue weighted by Crippen LogP contribution is -2.24. The topological polar surface area (TPSA) is 96.9 Å². The molecule has 3 N–H and O–H groups in total. The van der Waals surface area contributed by atoms with Gasteiger partial charge in [0.05, 0.1) is 0 Å². The molecule has 1 rings (SSSR count). The summed E-state index contributed by atoms with van der Waals surface area (Å²) in [7, 11) is 5.97. The number of hydrogen-bond donors (Lipinski definition) is 3. The summed E-state index contributed by atoms with van der Waals surface area (Å²) in [6.07, 6.45) is 0. The molecule has 0 fully saturated rings. The molecule has 0 aromatic carbocycles. The zero-order chi connectivity index (χ0) is 13.3. The maximum atomic E-state index is 11.6. The van der Waals surface area contributed by atoms with Crippen LogP contribution in [-0.4, -0.2) is 65.0 Å². The second kappa shape index (κ2) is 4.36. The third-order valence-corrected chi connectivity index (χ3v) is 2.19. The fraction of sp³-hybridized carbons (Fsp3) is 0.400. The van der Waals surface area contributed by atoms with Crippen molar-refractivity contribution >= 4 is 11.8 Å². The summed E-state index contributed by atoms with van der Waals surface area (Å²) in [5.41, 5.74) is -0.421. The van der Waals surface area contributed by atoms with Gasteiger partial charge in [0.25, 0.3) is 11.8 Å². The van der Waals surface area contributed by atoms with E-state index < -0.39 is 23.3 Å². The van der Waals surface area contributed by atoms with Crippen molar-refractivity contribution in [2.45, 2.75) is 0 Å². The number of carbonyl (C=O) groups is 2.